The average molecular weight is 607 g/mol. The van der Waals surface area contributed by atoms with E-state index in [1.165, 1.54) is 5.56 Å². The third kappa shape index (κ3) is 6.03. The van der Waals surface area contributed by atoms with E-state index in [1.807, 2.05) is 78.9 Å². The summed E-state index contributed by atoms with van der Waals surface area (Å²) in [4.78, 5) is 18.3. The lowest BCUT2D eigenvalue weighted by molar-refractivity contribution is -0.147. The Hall–Kier alpha value is -4.70. The first-order valence-corrected chi connectivity index (χ1v) is 15.2. The number of nitrogens with zero attached hydrogens (tertiary/aromatic N) is 1. The molecule has 0 unspecified atom stereocenters. The van der Waals surface area contributed by atoms with Gasteiger partial charge in [0, 0.05) is 23.6 Å². The zero-order valence-corrected chi connectivity index (χ0v) is 24.8. The predicted molar refractivity (Wildman–Crippen MR) is 168 cm³/mol. The highest BCUT2D eigenvalue weighted by Gasteiger charge is 2.30. The third-order valence-corrected chi connectivity index (χ3v) is 8.75. The quantitative estimate of drug-likeness (QED) is 0.195. The molecule has 0 bridgehead atoms. The van der Waals surface area contributed by atoms with Gasteiger partial charge in [0.05, 0.1) is 23.4 Å². The largest absolute Gasteiger partial charge is 0.459 e. The van der Waals surface area contributed by atoms with Gasteiger partial charge in [0.2, 0.25) is 13.1 Å². The van der Waals surface area contributed by atoms with Crippen LogP contribution in [0.25, 0.3) is 20.8 Å². The van der Waals surface area contributed by atoms with Crippen LogP contribution in [0.4, 0.5) is 5.69 Å². The minimum atomic E-state index is -0.654. The Labute approximate surface area is 258 Å². The highest BCUT2D eigenvalue weighted by molar-refractivity contribution is 7.21. The average Bonchev–Trinajstić information content (AvgIpc) is 3.71. The Kier molecular flexibility index (Phi) is 7.74. The zero-order valence-electron chi connectivity index (χ0n) is 24.0. The number of thiazole rings is 1. The van der Waals surface area contributed by atoms with E-state index in [-0.39, 0.29) is 31.0 Å². The van der Waals surface area contributed by atoms with Gasteiger partial charge in [-0.3, -0.25) is 4.79 Å². The normalized spacial score (nSPS) is 17.3. The lowest BCUT2D eigenvalue weighted by Crippen LogP contribution is -2.29. The summed E-state index contributed by atoms with van der Waals surface area (Å²) in [5, 5.41) is 13.2. The Bertz CT molecular complexity index is 1850. The number of carbonyl (C=O) groups excluding carboxylic acids is 1. The van der Waals surface area contributed by atoms with E-state index >= 15 is 0 Å². The molecule has 0 saturated heterocycles. The van der Waals surface area contributed by atoms with Crippen LogP contribution in [0.5, 0.6) is 11.5 Å². The number of aromatic nitrogens is 1. The fraction of sp³-hybridized carbons (Fsp3) is 0.200. The van der Waals surface area contributed by atoms with Crippen LogP contribution in [-0.4, -0.2) is 29.1 Å². The molecule has 3 heterocycles. The topological polar surface area (TPSA) is 99.1 Å². The predicted octanol–water partition coefficient (Wildman–Crippen LogP) is 7.06. The van der Waals surface area contributed by atoms with Gasteiger partial charge in [0.1, 0.15) is 5.01 Å². The van der Waals surface area contributed by atoms with Gasteiger partial charge in [-0.15, -0.1) is 11.3 Å². The zero-order chi connectivity index (χ0) is 30.0. The fourth-order valence-corrected chi connectivity index (χ4v) is 6.34. The van der Waals surface area contributed by atoms with Gasteiger partial charge in [0.15, 0.2) is 17.3 Å². The summed E-state index contributed by atoms with van der Waals surface area (Å²) < 4.78 is 24.5. The summed E-state index contributed by atoms with van der Waals surface area (Å²) in [6.07, 6.45) is 1.70. The molecule has 2 aliphatic rings. The number of rotatable bonds is 8. The molecule has 1 amide bonds. The van der Waals surface area contributed by atoms with E-state index in [1.54, 1.807) is 11.3 Å². The summed E-state index contributed by atoms with van der Waals surface area (Å²) in [5.74, 6) is 1.06. The summed E-state index contributed by atoms with van der Waals surface area (Å²) >= 11 is 1.65. The number of hydrogen-bond donors (Lipinski definition) is 2. The van der Waals surface area contributed by atoms with Crippen LogP contribution in [-0.2, 0) is 27.5 Å². The maximum absolute atomic E-state index is 13.5. The Morgan fingerprint density at radius 3 is 2.59 bits per heavy atom. The minimum absolute atomic E-state index is 0.0161. The first-order valence-electron chi connectivity index (χ1n) is 14.4. The molecule has 222 valence electrons. The SMILES string of the molecule is Cc1ccc2nc(-c3ccc(NC(=O)C4=C[C@H](c5ccc6c(c5)OCO6)C[C@H](OCc5ccc(CO)cc5)O4)cc3)sc2c1. The molecular formula is C35H30N2O6S. The molecule has 0 saturated carbocycles. The van der Waals surface area contributed by atoms with Gasteiger partial charge in [-0.05, 0) is 83.8 Å². The maximum Gasteiger partial charge on any atom is 0.290 e. The van der Waals surface area contributed by atoms with E-state index in [4.69, 9.17) is 23.9 Å². The fourth-order valence-electron chi connectivity index (χ4n) is 5.27. The minimum Gasteiger partial charge on any atom is -0.459 e. The van der Waals surface area contributed by atoms with Gasteiger partial charge >= 0.3 is 0 Å². The third-order valence-electron chi connectivity index (χ3n) is 7.68. The van der Waals surface area contributed by atoms with Gasteiger partial charge in [-0.1, -0.05) is 36.4 Å². The van der Waals surface area contributed by atoms with Crippen molar-refractivity contribution >= 4 is 33.1 Å². The Morgan fingerprint density at radius 2 is 1.77 bits per heavy atom. The Balaban J connectivity index is 1.08. The van der Waals surface area contributed by atoms with Crippen molar-refractivity contribution in [3.63, 3.8) is 0 Å². The van der Waals surface area contributed by atoms with Crippen molar-refractivity contribution in [3.8, 4) is 22.1 Å². The second kappa shape index (κ2) is 12.1. The molecule has 9 heteroatoms. The number of nitrogens with one attached hydrogen (secondary N) is 1. The number of fused-ring (bicyclic) bond motifs is 2. The molecule has 7 rings (SSSR count). The van der Waals surface area contributed by atoms with Crippen LogP contribution in [0.2, 0.25) is 0 Å². The van der Waals surface area contributed by atoms with Crippen molar-refractivity contribution in [1.82, 2.24) is 4.98 Å². The van der Waals surface area contributed by atoms with E-state index in [2.05, 4.69) is 24.4 Å². The standard InChI is InChI=1S/C35H30N2O6S/c1-21-2-12-28-32(14-21)44-35(37-28)24-7-10-27(11-8-24)36-34(39)31-16-26(25-9-13-29-30(15-25)42-20-41-29)17-33(43-31)40-19-23-5-3-22(18-38)4-6-23/h2-16,26,33,38H,17-20H2,1H3,(H,36,39)/t26-,33+/m0/s1. The van der Waals surface area contributed by atoms with Crippen molar-refractivity contribution in [2.75, 3.05) is 12.1 Å². The summed E-state index contributed by atoms with van der Waals surface area (Å²) in [5.41, 5.74) is 6.55. The number of aryl methyl sites for hydroxylation is 1. The van der Waals surface area contributed by atoms with Gasteiger partial charge in [-0.25, -0.2) is 4.98 Å². The molecule has 44 heavy (non-hydrogen) atoms. The molecule has 0 spiro atoms. The first-order chi connectivity index (χ1) is 21.5. The molecule has 4 aromatic carbocycles. The van der Waals surface area contributed by atoms with Gasteiger partial charge < -0.3 is 29.4 Å². The lowest BCUT2D eigenvalue weighted by Gasteiger charge is -2.29. The van der Waals surface area contributed by atoms with Crippen LogP contribution in [0, 0.1) is 6.92 Å². The van der Waals surface area contributed by atoms with Crippen LogP contribution in [0.3, 0.4) is 0 Å². The molecular weight excluding hydrogens is 576 g/mol. The highest BCUT2D eigenvalue weighted by atomic mass is 32.1. The molecule has 0 radical (unpaired) electrons. The van der Waals surface area contributed by atoms with Gasteiger partial charge in [0.25, 0.3) is 5.91 Å². The van der Waals surface area contributed by atoms with E-state index < -0.39 is 6.29 Å². The molecule has 0 aliphatic carbocycles. The molecule has 2 aliphatic heterocycles. The van der Waals surface area contributed by atoms with Crippen molar-refractivity contribution in [3.05, 3.63) is 119 Å². The number of ether oxygens (including phenoxy) is 4. The van der Waals surface area contributed by atoms with Crippen molar-refractivity contribution < 1.29 is 28.8 Å². The molecule has 2 N–H and O–H groups in total. The number of hydrogen-bond acceptors (Lipinski definition) is 8. The van der Waals surface area contributed by atoms with Crippen molar-refractivity contribution in [2.45, 2.75) is 38.8 Å². The molecule has 2 atom stereocenters. The Morgan fingerprint density at radius 1 is 0.977 bits per heavy atom. The number of aliphatic hydroxyl groups excluding tert-OH is 1. The van der Waals surface area contributed by atoms with Crippen LogP contribution < -0.4 is 14.8 Å². The first kappa shape index (κ1) is 28.1. The van der Waals surface area contributed by atoms with E-state index in [0.29, 0.717) is 30.2 Å². The number of benzene rings is 4. The highest BCUT2D eigenvalue weighted by Crippen LogP contribution is 2.39. The number of amides is 1. The molecule has 8 nitrogen and oxygen atoms in total. The lowest BCUT2D eigenvalue weighted by atomic mass is 9.92. The molecule has 1 aromatic heterocycles. The smallest absolute Gasteiger partial charge is 0.290 e. The molecule has 0 fully saturated rings. The molecule has 5 aromatic rings. The number of anilines is 1. The van der Waals surface area contributed by atoms with Crippen LogP contribution >= 0.6 is 11.3 Å². The monoisotopic (exact) mass is 606 g/mol. The van der Waals surface area contributed by atoms with Crippen LogP contribution in [0.15, 0.2) is 96.8 Å². The number of carbonyl (C=O) groups is 1. The van der Waals surface area contributed by atoms with Gasteiger partial charge in [-0.2, -0.15) is 0 Å². The number of aliphatic hydroxyl groups is 1. The van der Waals surface area contributed by atoms with Crippen molar-refractivity contribution in [2.24, 2.45) is 0 Å². The maximum atomic E-state index is 13.5. The van der Waals surface area contributed by atoms with Crippen LogP contribution in [0.1, 0.15) is 34.6 Å². The van der Waals surface area contributed by atoms with Crippen molar-refractivity contribution in [1.29, 1.82) is 0 Å². The second-order valence-electron chi connectivity index (χ2n) is 10.8. The van der Waals surface area contributed by atoms with E-state index in [0.717, 1.165) is 37.5 Å². The number of allylic oxidation sites excluding steroid dienone is 1. The van der Waals surface area contributed by atoms with E-state index in [9.17, 15) is 9.90 Å². The summed E-state index contributed by atoms with van der Waals surface area (Å²) in [6.45, 7) is 2.54. The summed E-state index contributed by atoms with van der Waals surface area (Å²) in [6, 6.07) is 27.2. The second-order valence-corrected chi connectivity index (χ2v) is 11.9. The summed E-state index contributed by atoms with van der Waals surface area (Å²) in [7, 11) is 0.